The molecule has 0 aromatic carbocycles. The van der Waals surface area contributed by atoms with Crippen LogP contribution in [0, 0.1) is 0 Å². The SMILES string of the molecule is CC/C=C\C/C=C\C/C=C\CCCCCCCC(=O)OC(CO)COC(=O)CCCCCCCC. The maximum atomic E-state index is 12.0. The molecule has 0 saturated heterocycles. The van der Waals surface area contributed by atoms with Crippen molar-refractivity contribution in [3.63, 3.8) is 0 Å². The molecule has 0 aliphatic heterocycles. The van der Waals surface area contributed by atoms with Crippen molar-refractivity contribution < 1.29 is 24.2 Å². The highest BCUT2D eigenvalue weighted by atomic mass is 16.6. The summed E-state index contributed by atoms with van der Waals surface area (Å²) in [4.78, 5) is 23.8. The summed E-state index contributed by atoms with van der Waals surface area (Å²) < 4.78 is 10.4. The van der Waals surface area contributed by atoms with Crippen molar-refractivity contribution in [1.82, 2.24) is 0 Å². The number of hydrogen-bond acceptors (Lipinski definition) is 5. The number of aliphatic hydroxyl groups is 1. The molecule has 0 aromatic heterocycles. The van der Waals surface area contributed by atoms with Crippen LogP contribution in [-0.4, -0.2) is 36.4 Å². The summed E-state index contributed by atoms with van der Waals surface area (Å²) in [6.07, 6.45) is 29.2. The minimum Gasteiger partial charge on any atom is -0.462 e. The van der Waals surface area contributed by atoms with E-state index in [1.54, 1.807) is 0 Å². The van der Waals surface area contributed by atoms with E-state index in [1.165, 1.54) is 25.7 Å². The second kappa shape index (κ2) is 26.7. The molecule has 5 heteroatoms. The maximum absolute atomic E-state index is 12.0. The lowest BCUT2D eigenvalue weighted by Crippen LogP contribution is -2.28. The Morgan fingerprint density at radius 3 is 1.86 bits per heavy atom. The van der Waals surface area contributed by atoms with Crippen molar-refractivity contribution in [3.8, 4) is 0 Å². The average molecular weight is 493 g/mol. The van der Waals surface area contributed by atoms with Crippen LogP contribution in [0.3, 0.4) is 0 Å². The molecule has 0 spiro atoms. The summed E-state index contributed by atoms with van der Waals surface area (Å²) in [6, 6.07) is 0. The summed E-state index contributed by atoms with van der Waals surface area (Å²) in [5.41, 5.74) is 0. The zero-order valence-corrected chi connectivity index (χ0v) is 22.6. The quantitative estimate of drug-likeness (QED) is 0.0846. The van der Waals surface area contributed by atoms with Gasteiger partial charge >= 0.3 is 11.9 Å². The molecule has 5 nitrogen and oxygen atoms in total. The zero-order valence-electron chi connectivity index (χ0n) is 22.6. The molecule has 202 valence electrons. The average Bonchev–Trinajstić information content (AvgIpc) is 2.86. The van der Waals surface area contributed by atoms with E-state index in [1.807, 2.05) is 0 Å². The Labute approximate surface area is 215 Å². The van der Waals surface area contributed by atoms with E-state index in [-0.39, 0.29) is 25.2 Å². The minimum absolute atomic E-state index is 0.0733. The molecule has 0 aliphatic rings. The van der Waals surface area contributed by atoms with Gasteiger partial charge in [-0.15, -0.1) is 0 Å². The predicted molar refractivity (Wildman–Crippen MR) is 145 cm³/mol. The van der Waals surface area contributed by atoms with Crippen molar-refractivity contribution in [3.05, 3.63) is 36.5 Å². The number of ether oxygens (including phenoxy) is 2. The van der Waals surface area contributed by atoms with Crippen LogP contribution in [0.4, 0.5) is 0 Å². The monoisotopic (exact) mass is 492 g/mol. The van der Waals surface area contributed by atoms with Crippen LogP contribution in [0.2, 0.25) is 0 Å². The fourth-order valence-corrected chi connectivity index (χ4v) is 3.56. The van der Waals surface area contributed by atoms with Crippen LogP contribution in [0.15, 0.2) is 36.5 Å². The smallest absolute Gasteiger partial charge is 0.306 e. The Balaban J connectivity index is 3.65. The van der Waals surface area contributed by atoms with Crippen LogP contribution in [0.1, 0.15) is 123 Å². The first-order chi connectivity index (χ1) is 17.1. The van der Waals surface area contributed by atoms with Gasteiger partial charge in [0.1, 0.15) is 6.61 Å². The minimum atomic E-state index is -0.773. The maximum Gasteiger partial charge on any atom is 0.306 e. The van der Waals surface area contributed by atoms with Gasteiger partial charge < -0.3 is 14.6 Å². The highest BCUT2D eigenvalue weighted by molar-refractivity contribution is 5.70. The van der Waals surface area contributed by atoms with E-state index in [0.717, 1.165) is 70.6 Å². The van der Waals surface area contributed by atoms with Crippen LogP contribution < -0.4 is 0 Å². The van der Waals surface area contributed by atoms with Gasteiger partial charge in [-0.05, 0) is 44.9 Å². The standard InChI is InChI=1S/C30H52O5/c1-3-5-7-9-11-12-13-14-15-16-17-18-19-21-23-25-30(33)35-28(26-31)27-34-29(32)24-22-20-10-8-6-4-2/h5,7,11-12,14-15,28,31H,3-4,6,8-10,13,16-27H2,1-2H3/b7-5-,12-11-,15-14-. The summed E-state index contributed by atoms with van der Waals surface area (Å²) in [7, 11) is 0. The van der Waals surface area contributed by atoms with E-state index >= 15 is 0 Å². The number of unbranched alkanes of at least 4 members (excludes halogenated alkanes) is 10. The molecule has 0 aliphatic carbocycles. The highest BCUT2D eigenvalue weighted by Gasteiger charge is 2.16. The highest BCUT2D eigenvalue weighted by Crippen LogP contribution is 2.10. The molecule has 0 radical (unpaired) electrons. The number of aliphatic hydroxyl groups excluding tert-OH is 1. The topological polar surface area (TPSA) is 72.8 Å². The number of carbonyl (C=O) groups excluding carboxylic acids is 2. The molecule has 0 aromatic rings. The lowest BCUT2D eigenvalue weighted by atomic mass is 10.1. The van der Waals surface area contributed by atoms with E-state index in [2.05, 4.69) is 50.3 Å². The van der Waals surface area contributed by atoms with Gasteiger partial charge in [0.05, 0.1) is 6.61 Å². The van der Waals surface area contributed by atoms with Gasteiger partial charge in [-0.25, -0.2) is 0 Å². The Bertz CT molecular complexity index is 579. The largest absolute Gasteiger partial charge is 0.462 e. The fraction of sp³-hybridized carbons (Fsp3) is 0.733. The Morgan fingerprint density at radius 1 is 0.686 bits per heavy atom. The van der Waals surface area contributed by atoms with E-state index < -0.39 is 6.10 Å². The normalized spacial score (nSPS) is 12.7. The molecule has 0 heterocycles. The van der Waals surface area contributed by atoms with Gasteiger partial charge in [-0.1, -0.05) is 102 Å². The molecular formula is C30H52O5. The van der Waals surface area contributed by atoms with Gasteiger partial charge in [0.25, 0.3) is 0 Å². The zero-order chi connectivity index (χ0) is 25.8. The number of hydrogen-bond donors (Lipinski definition) is 1. The molecule has 0 bridgehead atoms. The van der Waals surface area contributed by atoms with E-state index in [9.17, 15) is 14.7 Å². The number of esters is 2. The number of carbonyl (C=O) groups is 2. The van der Waals surface area contributed by atoms with Gasteiger partial charge in [-0.3, -0.25) is 9.59 Å². The third kappa shape index (κ3) is 25.0. The summed E-state index contributed by atoms with van der Waals surface area (Å²) in [6.45, 7) is 3.91. The van der Waals surface area contributed by atoms with Crippen LogP contribution >= 0.6 is 0 Å². The van der Waals surface area contributed by atoms with Gasteiger partial charge in [0, 0.05) is 12.8 Å². The van der Waals surface area contributed by atoms with Crippen molar-refractivity contribution in [1.29, 1.82) is 0 Å². The third-order valence-corrected chi connectivity index (χ3v) is 5.70. The molecule has 1 unspecified atom stereocenters. The van der Waals surface area contributed by atoms with Crippen LogP contribution in [-0.2, 0) is 19.1 Å². The summed E-state index contributed by atoms with van der Waals surface area (Å²) in [5, 5.41) is 9.41. The lowest BCUT2D eigenvalue weighted by Gasteiger charge is -2.15. The van der Waals surface area contributed by atoms with Crippen molar-refractivity contribution in [2.75, 3.05) is 13.2 Å². The molecule has 1 atom stereocenters. The first kappa shape index (κ1) is 33.1. The predicted octanol–water partition coefficient (Wildman–Crippen LogP) is 7.77. The first-order valence-corrected chi connectivity index (χ1v) is 14.0. The molecule has 0 rings (SSSR count). The second-order valence-electron chi connectivity index (χ2n) is 9.10. The van der Waals surface area contributed by atoms with E-state index in [4.69, 9.17) is 9.47 Å². The number of rotatable bonds is 24. The molecule has 0 saturated carbocycles. The lowest BCUT2D eigenvalue weighted by molar-refractivity contribution is -0.161. The molecule has 0 amide bonds. The second-order valence-corrected chi connectivity index (χ2v) is 9.10. The third-order valence-electron chi connectivity index (χ3n) is 5.70. The molecule has 0 fully saturated rings. The Kier molecular flexibility index (Phi) is 25.3. The van der Waals surface area contributed by atoms with Gasteiger partial charge in [0.2, 0.25) is 0 Å². The van der Waals surface area contributed by atoms with Gasteiger partial charge in [-0.2, -0.15) is 0 Å². The number of allylic oxidation sites excluding steroid dienone is 6. The van der Waals surface area contributed by atoms with Crippen LogP contribution in [0.25, 0.3) is 0 Å². The molecule has 35 heavy (non-hydrogen) atoms. The Hall–Kier alpha value is -1.88. The Morgan fingerprint density at radius 2 is 1.23 bits per heavy atom. The van der Waals surface area contributed by atoms with Gasteiger partial charge in [0.15, 0.2) is 6.10 Å². The first-order valence-electron chi connectivity index (χ1n) is 14.0. The van der Waals surface area contributed by atoms with Crippen molar-refractivity contribution in [2.24, 2.45) is 0 Å². The summed E-state index contributed by atoms with van der Waals surface area (Å²) >= 11 is 0. The van der Waals surface area contributed by atoms with Crippen molar-refractivity contribution >= 4 is 11.9 Å². The summed E-state index contributed by atoms with van der Waals surface area (Å²) in [5.74, 6) is -0.627. The fourth-order valence-electron chi connectivity index (χ4n) is 3.56. The van der Waals surface area contributed by atoms with Crippen LogP contribution in [0.5, 0.6) is 0 Å². The van der Waals surface area contributed by atoms with E-state index in [0.29, 0.717) is 12.8 Å². The molecular weight excluding hydrogens is 440 g/mol. The molecule has 1 N–H and O–H groups in total. The van der Waals surface area contributed by atoms with Crippen molar-refractivity contribution in [2.45, 2.75) is 129 Å².